The molecule has 2 heterocycles. The lowest BCUT2D eigenvalue weighted by Gasteiger charge is -2.26. The lowest BCUT2D eigenvalue weighted by molar-refractivity contribution is -0.139. The van der Waals surface area contributed by atoms with Gasteiger partial charge in [0.15, 0.2) is 5.16 Å². The predicted molar refractivity (Wildman–Crippen MR) is 97.0 cm³/mol. The molecule has 3 rings (SSSR count). The molecule has 5 nitrogen and oxygen atoms in total. The Morgan fingerprint density at radius 2 is 2.08 bits per heavy atom. The van der Waals surface area contributed by atoms with Gasteiger partial charge in [-0.2, -0.15) is 0 Å². The topological polar surface area (TPSA) is 61.2 Å². The minimum Gasteiger partial charge on any atom is -0.468 e. The first kappa shape index (κ1) is 17.9. The summed E-state index contributed by atoms with van der Waals surface area (Å²) < 4.78 is 6.70. The number of thioether (sulfide) groups is 2. The van der Waals surface area contributed by atoms with Crippen LogP contribution in [0.5, 0.6) is 0 Å². The zero-order valence-corrected chi connectivity index (χ0v) is 16.0. The van der Waals surface area contributed by atoms with Crippen molar-refractivity contribution in [1.82, 2.24) is 9.55 Å². The number of hydrogen-bond donors (Lipinski definition) is 0. The summed E-state index contributed by atoms with van der Waals surface area (Å²) >= 11 is 2.98. The molecule has 1 aromatic rings. The first-order valence-corrected chi connectivity index (χ1v) is 10.3. The molecule has 2 unspecified atom stereocenters. The molecule has 0 spiro atoms. The van der Waals surface area contributed by atoms with Gasteiger partial charge in [0.05, 0.1) is 17.7 Å². The van der Waals surface area contributed by atoms with E-state index in [1.807, 2.05) is 4.57 Å². The van der Waals surface area contributed by atoms with Crippen molar-refractivity contribution in [3.8, 4) is 0 Å². The van der Waals surface area contributed by atoms with Gasteiger partial charge >= 0.3 is 5.97 Å². The molecule has 1 aliphatic heterocycles. The van der Waals surface area contributed by atoms with Crippen LogP contribution in [-0.2, 0) is 16.0 Å². The number of aromatic nitrogens is 2. The maximum Gasteiger partial charge on any atom is 0.318 e. The molecule has 1 fully saturated rings. The predicted octanol–water partition coefficient (Wildman–Crippen LogP) is 3.44. The third-order valence-corrected chi connectivity index (χ3v) is 6.93. The number of ether oxygens (including phenoxy) is 1. The van der Waals surface area contributed by atoms with Gasteiger partial charge in [-0.05, 0) is 19.8 Å². The Labute approximate surface area is 150 Å². The first-order chi connectivity index (χ1) is 11.5. The SMILES string of the molecule is COC(=O)C(C)Sc1nc2c(c(=O)n1C1CCCCC1)SC(C)C2. The number of fused-ring (bicyclic) bond motifs is 1. The van der Waals surface area contributed by atoms with E-state index in [1.54, 1.807) is 18.7 Å². The smallest absolute Gasteiger partial charge is 0.318 e. The number of methoxy groups -OCH3 is 1. The van der Waals surface area contributed by atoms with E-state index in [1.165, 1.54) is 25.3 Å². The number of nitrogens with zero attached hydrogens (tertiary/aromatic N) is 2. The van der Waals surface area contributed by atoms with Crippen molar-refractivity contribution >= 4 is 29.5 Å². The molecule has 0 saturated heterocycles. The lowest BCUT2D eigenvalue weighted by atomic mass is 9.95. The highest BCUT2D eigenvalue weighted by Gasteiger charge is 2.30. The van der Waals surface area contributed by atoms with Crippen molar-refractivity contribution in [3.63, 3.8) is 0 Å². The van der Waals surface area contributed by atoms with E-state index in [9.17, 15) is 9.59 Å². The molecule has 24 heavy (non-hydrogen) atoms. The van der Waals surface area contributed by atoms with Crippen LogP contribution in [0.2, 0.25) is 0 Å². The van der Waals surface area contributed by atoms with E-state index in [0.29, 0.717) is 10.4 Å². The second kappa shape index (κ2) is 7.52. The maximum atomic E-state index is 13.1. The molecule has 1 saturated carbocycles. The second-order valence-electron chi connectivity index (χ2n) is 6.55. The molecular formula is C17H24N2O3S2. The molecule has 7 heteroatoms. The van der Waals surface area contributed by atoms with Crippen molar-refractivity contribution in [2.24, 2.45) is 0 Å². The molecule has 1 aliphatic carbocycles. The van der Waals surface area contributed by atoms with Gasteiger partial charge in [0.1, 0.15) is 5.25 Å². The third kappa shape index (κ3) is 3.52. The van der Waals surface area contributed by atoms with E-state index in [-0.39, 0.29) is 22.8 Å². The summed E-state index contributed by atoms with van der Waals surface area (Å²) in [5, 5.41) is 0.692. The van der Waals surface area contributed by atoms with Crippen LogP contribution in [0.3, 0.4) is 0 Å². The number of hydrogen-bond acceptors (Lipinski definition) is 6. The highest BCUT2D eigenvalue weighted by Crippen LogP contribution is 2.37. The van der Waals surface area contributed by atoms with Crippen molar-refractivity contribution in [3.05, 3.63) is 16.0 Å². The number of carbonyl (C=O) groups is 1. The van der Waals surface area contributed by atoms with E-state index >= 15 is 0 Å². The summed E-state index contributed by atoms with van der Waals surface area (Å²) in [5.74, 6) is -0.285. The highest BCUT2D eigenvalue weighted by atomic mass is 32.2. The minimum atomic E-state index is -0.374. The fourth-order valence-corrected chi connectivity index (χ4v) is 5.55. The standard InChI is InChI=1S/C17H24N2O3S2/c1-10-9-13-14(23-10)15(20)19(12-7-5-4-6-8-12)17(18-13)24-11(2)16(21)22-3/h10-12H,4-9H2,1-3H3. The summed E-state index contributed by atoms with van der Waals surface area (Å²) in [6.45, 7) is 3.93. The fourth-order valence-electron chi connectivity index (χ4n) is 3.43. The normalized spacial score (nSPS) is 22.2. The minimum absolute atomic E-state index is 0.0841. The van der Waals surface area contributed by atoms with Crippen LogP contribution < -0.4 is 5.56 Å². The average Bonchev–Trinajstić information content (AvgIpc) is 2.95. The Kier molecular flexibility index (Phi) is 5.59. The molecule has 0 aromatic carbocycles. The number of carbonyl (C=O) groups excluding carboxylic acids is 1. The van der Waals surface area contributed by atoms with Gasteiger partial charge in [-0.3, -0.25) is 14.2 Å². The fraction of sp³-hybridized carbons (Fsp3) is 0.706. The van der Waals surface area contributed by atoms with Gasteiger partial charge in [0.25, 0.3) is 5.56 Å². The Morgan fingerprint density at radius 1 is 1.38 bits per heavy atom. The van der Waals surface area contributed by atoms with Crippen molar-refractivity contribution in [2.75, 3.05) is 7.11 Å². The Balaban J connectivity index is 2.02. The molecule has 0 N–H and O–H groups in total. The summed E-state index contributed by atoms with van der Waals surface area (Å²) in [7, 11) is 1.39. The van der Waals surface area contributed by atoms with Gasteiger partial charge in [-0.25, -0.2) is 4.98 Å². The van der Waals surface area contributed by atoms with Gasteiger partial charge in [-0.1, -0.05) is 37.9 Å². The zero-order valence-electron chi connectivity index (χ0n) is 14.4. The van der Waals surface area contributed by atoms with Crippen LogP contribution >= 0.6 is 23.5 Å². The molecular weight excluding hydrogens is 344 g/mol. The van der Waals surface area contributed by atoms with E-state index < -0.39 is 0 Å². The summed E-state index contributed by atoms with van der Waals surface area (Å²) in [6.07, 6.45) is 6.38. The quantitative estimate of drug-likeness (QED) is 0.461. The lowest BCUT2D eigenvalue weighted by Crippen LogP contribution is -2.31. The molecule has 2 aliphatic rings. The monoisotopic (exact) mass is 368 g/mol. The number of esters is 1. The third-order valence-electron chi connectivity index (χ3n) is 4.67. The highest BCUT2D eigenvalue weighted by molar-refractivity contribution is 8.00. The van der Waals surface area contributed by atoms with Gasteiger partial charge < -0.3 is 4.74 Å². The van der Waals surface area contributed by atoms with Crippen molar-refractivity contribution in [1.29, 1.82) is 0 Å². The number of rotatable bonds is 4. The van der Waals surface area contributed by atoms with Crippen LogP contribution in [0.25, 0.3) is 0 Å². The molecule has 132 valence electrons. The molecule has 0 radical (unpaired) electrons. The van der Waals surface area contributed by atoms with Crippen LogP contribution in [0.1, 0.15) is 57.7 Å². The van der Waals surface area contributed by atoms with Crippen LogP contribution in [0.15, 0.2) is 14.8 Å². The van der Waals surface area contributed by atoms with E-state index in [4.69, 9.17) is 9.72 Å². The van der Waals surface area contributed by atoms with Crippen LogP contribution in [0.4, 0.5) is 0 Å². The summed E-state index contributed by atoms with van der Waals surface area (Å²) in [4.78, 5) is 30.5. The van der Waals surface area contributed by atoms with Gasteiger partial charge in [0.2, 0.25) is 0 Å². The molecule has 2 atom stereocenters. The molecule has 0 amide bonds. The van der Waals surface area contributed by atoms with Gasteiger partial charge in [-0.15, -0.1) is 11.8 Å². The Morgan fingerprint density at radius 3 is 2.75 bits per heavy atom. The zero-order chi connectivity index (χ0) is 17.3. The summed E-state index contributed by atoms with van der Waals surface area (Å²) in [6, 6.07) is 0.202. The van der Waals surface area contributed by atoms with Gasteiger partial charge in [0, 0.05) is 17.7 Å². The van der Waals surface area contributed by atoms with Crippen molar-refractivity contribution in [2.45, 2.75) is 79.0 Å². The van der Waals surface area contributed by atoms with Crippen LogP contribution in [0, 0.1) is 0 Å². The van der Waals surface area contributed by atoms with Crippen molar-refractivity contribution < 1.29 is 9.53 Å². The van der Waals surface area contributed by atoms with E-state index in [2.05, 4.69) is 6.92 Å². The molecule has 1 aromatic heterocycles. The summed E-state index contributed by atoms with van der Waals surface area (Å²) in [5.41, 5.74) is 0.977. The maximum absolute atomic E-state index is 13.1. The van der Waals surface area contributed by atoms with Crippen LogP contribution in [-0.4, -0.2) is 33.1 Å². The average molecular weight is 369 g/mol. The largest absolute Gasteiger partial charge is 0.468 e. The second-order valence-corrected chi connectivity index (χ2v) is 9.31. The first-order valence-electron chi connectivity index (χ1n) is 8.57. The molecule has 0 bridgehead atoms. The van der Waals surface area contributed by atoms with E-state index in [0.717, 1.165) is 42.7 Å². The Hall–Kier alpha value is -0.950. The Bertz CT molecular complexity index is 683.